The molecule has 2 aromatic rings. The molecule has 0 aliphatic rings. The molecule has 0 fully saturated rings. The third-order valence-corrected chi connectivity index (χ3v) is 4.02. The van der Waals surface area contributed by atoms with Crippen molar-refractivity contribution in [1.82, 2.24) is 4.90 Å². The Labute approximate surface area is 152 Å². The highest BCUT2D eigenvalue weighted by Gasteiger charge is 2.15. The van der Waals surface area contributed by atoms with Gasteiger partial charge in [-0.25, -0.2) is 0 Å². The molecule has 0 aromatic heterocycles. The van der Waals surface area contributed by atoms with Crippen LogP contribution in [-0.2, 0) is 16.1 Å². The lowest BCUT2D eigenvalue weighted by Gasteiger charge is -2.21. The highest BCUT2D eigenvalue weighted by atomic mass is 35.5. The maximum Gasteiger partial charge on any atom is 0.244 e. The molecule has 1 N–H and O–H groups in total. The number of nitrogens with one attached hydrogen (secondary N) is 1. The van der Waals surface area contributed by atoms with Crippen molar-refractivity contribution in [2.45, 2.75) is 20.4 Å². The Kier molecular flexibility index (Phi) is 6.42. The summed E-state index contributed by atoms with van der Waals surface area (Å²) in [5.41, 5.74) is 2.47. The largest absolute Gasteiger partial charge is 0.497 e. The van der Waals surface area contributed by atoms with Crippen molar-refractivity contribution in [3.05, 3.63) is 58.6 Å². The third-order valence-electron chi connectivity index (χ3n) is 3.79. The second-order valence-electron chi connectivity index (χ2n) is 5.73. The zero-order valence-corrected chi connectivity index (χ0v) is 15.3. The van der Waals surface area contributed by atoms with Gasteiger partial charge in [0.25, 0.3) is 0 Å². The first-order chi connectivity index (χ1) is 11.9. The average Bonchev–Trinajstić information content (AvgIpc) is 2.58. The second kappa shape index (κ2) is 8.53. The number of rotatable bonds is 6. The number of hydrogen-bond acceptors (Lipinski definition) is 3. The summed E-state index contributed by atoms with van der Waals surface area (Å²) >= 11 is 5.96. The lowest BCUT2D eigenvalue weighted by molar-refractivity contribution is -0.133. The van der Waals surface area contributed by atoms with E-state index in [9.17, 15) is 9.59 Å². The summed E-state index contributed by atoms with van der Waals surface area (Å²) in [6.45, 7) is 3.64. The molecule has 0 unspecified atom stereocenters. The van der Waals surface area contributed by atoms with E-state index in [2.05, 4.69) is 5.32 Å². The van der Waals surface area contributed by atoms with Crippen molar-refractivity contribution >= 4 is 29.1 Å². The number of aryl methyl sites for hydroxylation is 1. The van der Waals surface area contributed by atoms with Gasteiger partial charge in [0, 0.05) is 24.2 Å². The van der Waals surface area contributed by atoms with Crippen LogP contribution in [0.1, 0.15) is 18.1 Å². The van der Waals surface area contributed by atoms with Gasteiger partial charge >= 0.3 is 0 Å². The lowest BCUT2D eigenvalue weighted by Crippen LogP contribution is -2.36. The molecule has 0 aliphatic heterocycles. The average molecular weight is 361 g/mol. The molecule has 0 spiro atoms. The van der Waals surface area contributed by atoms with Crippen molar-refractivity contribution in [2.75, 3.05) is 19.0 Å². The molecule has 132 valence electrons. The van der Waals surface area contributed by atoms with E-state index in [1.54, 1.807) is 19.2 Å². The highest BCUT2D eigenvalue weighted by molar-refractivity contribution is 6.31. The van der Waals surface area contributed by atoms with Gasteiger partial charge in [-0.2, -0.15) is 0 Å². The topological polar surface area (TPSA) is 58.6 Å². The first-order valence-electron chi connectivity index (χ1n) is 7.83. The van der Waals surface area contributed by atoms with Crippen molar-refractivity contribution < 1.29 is 14.3 Å². The molecule has 2 rings (SSSR count). The van der Waals surface area contributed by atoms with Crippen molar-refractivity contribution in [3.8, 4) is 5.75 Å². The molecule has 5 nitrogen and oxygen atoms in total. The van der Waals surface area contributed by atoms with E-state index in [1.807, 2.05) is 37.3 Å². The molecule has 0 heterocycles. The van der Waals surface area contributed by atoms with Crippen LogP contribution >= 0.6 is 11.6 Å². The molecule has 2 amide bonds. The standard InChI is InChI=1S/C19H21ClN2O3/c1-13-4-7-16(20)10-18(13)21-19(24)12-22(14(2)23)11-15-5-8-17(25-3)9-6-15/h4-10H,11-12H2,1-3H3,(H,21,24). The Balaban J connectivity index is 2.03. The van der Waals surface area contributed by atoms with Gasteiger partial charge in [0.05, 0.1) is 7.11 Å². The van der Waals surface area contributed by atoms with Crippen LogP contribution in [0.4, 0.5) is 5.69 Å². The molecule has 0 bridgehead atoms. The highest BCUT2D eigenvalue weighted by Crippen LogP contribution is 2.20. The van der Waals surface area contributed by atoms with E-state index in [4.69, 9.17) is 16.3 Å². The number of hydrogen-bond donors (Lipinski definition) is 1. The monoisotopic (exact) mass is 360 g/mol. The van der Waals surface area contributed by atoms with Crippen LogP contribution in [-0.4, -0.2) is 30.4 Å². The van der Waals surface area contributed by atoms with Gasteiger partial charge in [-0.1, -0.05) is 29.8 Å². The normalized spacial score (nSPS) is 10.2. The van der Waals surface area contributed by atoms with Crippen molar-refractivity contribution in [3.63, 3.8) is 0 Å². The van der Waals surface area contributed by atoms with Gasteiger partial charge in [0.1, 0.15) is 12.3 Å². The minimum atomic E-state index is -0.269. The van der Waals surface area contributed by atoms with Crippen LogP contribution in [0.15, 0.2) is 42.5 Å². The summed E-state index contributed by atoms with van der Waals surface area (Å²) < 4.78 is 5.12. The first kappa shape index (κ1) is 18.8. The minimum absolute atomic E-state index is 0.0344. The number of methoxy groups -OCH3 is 1. The summed E-state index contributed by atoms with van der Waals surface area (Å²) in [5, 5.41) is 3.35. The van der Waals surface area contributed by atoms with Gasteiger partial charge in [-0.05, 0) is 42.3 Å². The van der Waals surface area contributed by atoms with Crippen LogP contribution in [0.5, 0.6) is 5.75 Å². The number of carbonyl (C=O) groups is 2. The zero-order chi connectivity index (χ0) is 18.4. The molecule has 2 aromatic carbocycles. The molecule has 0 atom stereocenters. The SMILES string of the molecule is COc1ccc(CN(CC(=O)Nc2cc(Cl)ccc2C)C(C)=O)cc1. The summed E-state index contributed by atoms with van der Waals surface area (Å²) in [5.74, 6) is 0.301. The molecule has 0 aliphatic carbocycles. The molecule has 0 saturated heterocycles. The molecule has 0 radical (unpaired) electrons. The number of amides is 2. The Bertz CT molecular complexity index is 760. The number of benzene rings is 2. The maximum atomic E-state index is 12.3. The van der Waals surface area contributed by atoms with E-state index < -0.39 is 0 Å². The number of nitrogens with zero attached hydrogens (tertiary/aromatic N) is 1. The van der Waals surface area contributed by atoms with E-state index in [0.29, 0.717) is 17.3 Å². The summed E-state index contributed by atoms with van der Waals surface area (Å²) in [7, 11) is 1.60. The van der Waals surface area contributed by atoms with Gasteiger partial charge < -0.3 is 15.0 Å². The fourth-order valence-electron chi connectivity index (χ4n) is 2.32. The van der Waals surface area contributed by atoms with Crippen LogP contribution in [0.25, 0.3) is 0 Å². The molecular weight excluding hydrogens is 340 g/mol. The van der Waals surface area contributed by atoms with Crippen molar-refractivity contribution in [1.29, 1.82) is 0 Å². The lowest BCUT2D eigenvalue weighted by atomic mass is 10.2. The fraction of sp³-hybridized carbons (Fsp3) is 0.263. The van der Waals surface area contributed by atoms with Gasteiger partial charge in [-0.3, -0.25) is 9.59 Å². The Hall–Kier alpha value is -2.53. The van der Waals surface area contributed by atoms with Gasteiger partial charge in [0.2, 0.25) is 11.8 Å². The molecular formula is C19H21ClN2O3. The zero-order valence-electron chi connectivity index (χ0n) is 14.5. The summed E-state index contributed by atoms with van der Waals surface area (Å²) in [6.07, 6.45) is 0. The number of ether oxygens (including phenoxy) is 1. The summed E-state index contributed by atoms with van der Waals surface area (Å²) in [4.78, 5) is 25.7. The second-order valence-corrected chi connectivity index (χ2v) is 6.17. The number of carbonyl (C=O) groups excluding carboxylic acids is 2. The van der Waals surface area contributed by atoms with E-state index in [1.165, 1.54) is 11.8 Å². The van der Waals surface area contributed by atoms with E-state index >= 15 is 0 Å². The Morgan fingerprint density at radius 2 is 1.84 bits per heavy atom. The Morgan fingerprint density at radius 1 is 1.16 bits per heavy atom. The first-order valence-corrected chi connectivity index (χ1v) is 8.21. The van der Waals surface area contributed by atoms with E-state index in [0.717, 1.165) is 16.9 Å². The Morgan fingerprint density at radius 3 is 2.44 bits per heavy atom. The summed E-state index contributed by atoms with van der Waals surface area (Å²) in [6, 6.07) is 12.7. The van der Waals surface area contributed by atoms with Crippen LogP contribution in [0.3, 0.4) is 0 Å². The quantitative estimate of drug-likeness (QED) is 0.855. The molecule has 6 heteroatoms. The molecule has 25 heavy (non-hydrogen) atoms. The molecule has 0 saturated carbocycles. The maximum absolute atomic E-state index is 12.3. The van der Waals surface area contributed by atoms with Gasteiger partial charge in [0.15, 0.2) is 0 Å². The number of anilines is 1. The van der Waals surface area contributed by atoms with Gasteiger partial charge in [-0.15, -0.1) is 0 Å². The van der Waals surface area contributed by atoms with Crippen LogP contribution in [0.2, 0.25) is 5.02 Å². The van der Waals surface area contributed by atoms with Crippen LogP contribution in [0, 0.1) is 6.92 Å². The third kappa shape index (κ3) is 5.50. The van der Waals surface area contributed by atoms with E-state index in [-0.39, 0.29) is 18.4 Å². The van der Waals surface area contributed by atoms with Crippen LogP contribution < -0.4 is 10.1 Å². The predicted molar refractivity (Wildman–Crippen MR) is 98.9 cm³/mol. The number of halogens is 1. The fourth-order valence-corrected chi connectivity index (χ4v) is 2.49. The minimum Gasteiger partial charge on any atom is -0.497 e. The smallest absolute Gasteiger partial charge is 0.244 e. The van der Waals surface area contributed by atoms with Crippen molar-refractivity contribution in [2.24, 2.45) is 0 Å². The predicted octanol–water partition coefficient (Wildman–Crippen LogP) is 3.64.